The first-order valence-corrected chi connectivity index (χ1v) is 6.91. The summed E-state index contributed by atoms with van der Waals surface area (Å²) in [6.45, 7) is 7.36. The van der Waals surface area contributed by atoms with Crippen LogP contribution in [0.4, 0.5) is 0 Å². The Bertz CT molecular complexity index is 197. The summed E-state index contributed by atoms with van der Waals surface area (Å²) in [6.07, 6.45) is 1.07. The van der Waals surface area contributed by atoms with Crippen LogP contribution in [0.25, 0.3) is 0 Å². The molecule has 1 saturated heterocycles. The Morgan fingerprint density at radius 2 is 2.07 bits per heavy atom. The van der Waals surface area contributed by atoms with Crippen LogP contribution in [0, 0.1) is 5.92 Å². The van der Waals surface area contributed by atoms with Gasteiger partial charge in [0.1, 0.15) is 0 Å². The number of hydrogen-bond donors (Lipinski definition) is 1. The van der Waals surface area contributed by atoms with Crippen molar-refractivity contribution in [3.63, 3.8) is 0 Å². The van der Waals surface area contributed by atoms with Gasteiger partial charge in [-0.25, -0.2) is 0 Å². The van der Waals surface area contributed by atoms with Gasteiger partial charge in [-0.15, -0.1) is 0 Å². The van der Waals surface area contributed by atoms with Crippen molar-refractivity contribution in [2.45, 2.75) is 26.3 Å². The van der Waals surface area contributed by atoms with E-state index in [2.05, 4.69) is 18.7 Å². The lowest BCUT2D eigenvalue weighted by Crippen LogP contribution is -2.37. The van der Waals surface area contributed by atoms with Crippen molar-refractivity contribution in [1.82, 2.24) is 4.90 Å². The van der Waals surface area contributed by atoms with Crippen LogP contribution in [-0.2, 0) is 10.8 Å². The van der Waals surface area contributed by atoms with E-state index in [0.29, 0.717) is 5.92 Å². The smallest absolute Gasteiger partial charge is 0.0362 e. The molecule has 3 atom stereocenters. The molecule has 0 amide bonds. The zero-order valence-electron chi connectivity index (χ0n) is 9.24. The van der Waals surface area contributed by atoms with E-state index in [9.17, 15) is 4.21 Å². The normalized spacial score (nSPS) is 29.5. The lowest BCUT2D eigenvalue weighted by molar-refractivity contribution is 0.240. The van der Waals surface area contributed by atoms with Crippen LogP contribution >= 0.6 is 0 Å². The van der Waals surface area contributed by atoms with Crippen molar-refractivity contribution < 1.29 is 4.21 Å². The quantitative estimate of drug-likeness (QED) is 0.747. The number of nitrogens with two attached hydrogens (primary N) is 1. The second-order valence-electron chi connectivity index (χ2n) is 4.34. The molecular formula is C10H22N2OS. The molecule has 0 bridgehead atoms. The van der Waals surface area contributed by atoms with Gasteiger partial charge < -0.3 is 10.6 Å². The summed E-state index contributed by atoms with van der Waals surface area (Å²) in [5, 5.41) is 0. The minimum Gasteiger partial charge on any atom is -0.328 e. The van der Waals surface area contributed by atoms with E-state index in [-0.39, 0.29) is 6.04 Å². The van der Waals surface area contributed by atoms with Gasteiger partial charge >= 0.3 is 0 Å². The molecule has 2 N–H and O–H groups in total. The zero-order valence-corrected chi connectivity index (χ0v) is 10.1. The van der Waals surface area contributed by atoms with E-state index in [1.54, 1.807) is 0 Å². The van der Waals surface area contributed by atoms with E-state index < -0.39 is 10.8 Å². The second-order valence-corrected chi connectivity index (χ2v) is 6.03. The SMILES string of the molecule is CC(N)C(C)CN1CCCS(=O)CC1. The van der Waals surface area contributed by atoms with E-state index in [0.717, 1.165) is 37.6 Å². The van der Waals surface area contributed by atoms with Crippen LogP contribution in [0.15, 0.2) is 0 Å². The molecular weight excluding hydrogens is 196 g/mol. The molecule has 1 aliphatic heterocycles. The Morgan fingerprint density at radius 3 is 2.71 bits per heavy atom. The fourth-order valence-corrected chi connectivity index (χ4v) is 2.77. The molecule has 1 fully saturated rings. The summed E-state index contributed by atoms with van der Waals surface area (Å²) in [7, 11) is -0.577. The first-order valence-electron chi connectivity index (χ1n) is 5.42. The van der Waals surface area contributed by atoms with Gasteiger partial charge in [-0.05, 0) is 25.8 Å². The Kier molecular flexibility index (Phi) is 5.06. The van der Waals surface area contributed by atoms with Crippen molar-refractivity contribution in [3.05, 3.63) is 0 Å². The third-order valence-corrected chi connectivity index (χ3v) is 4.31. The maximum Gasteiger partial charge on any atom is 0.0362 e. The van der Waals surface area contributed by atoms with E-state index >= 15 is 0 Å². The third-order valence-electron chi connectivity index (χ3n) is 2.93. The van der Waals surface area contributed by atoms with E-state index in [4.69, 9.17) is 5.73 Å². The predicted molar refractivity (Wildman–Crippen MR) is 61.7 cm³/mol. The minimum atomic E-state index is -0.577. The summed E-state index contributed by atoms with van der Waals surface area (Å²) in [5.41, 5.74) is 5.83. The van der Waals surface area contributed by atoms with Crippen LogP contribution in [0.2, 0.25) is 0 Å². The van der Waals surface area contributed by atoms with Crippen molar-refractivity contribution >= 4 is 10.8 Å². The molecule has 0 aromatic rings. The molecule has 4 heteroatoms. The highest BCUT2D eigenvalue weighted by molar-refractivity contribution is 7.85. The van der Waals surface area contributed by atoms with Crippen molar-refractivity contribution in [2.24, 2.45) is 11.7 Å². The lowest BCUT2D eigenvalue weighted by Gasteiger charge is -2.25. The molecule has 3 unspecified atom stereocenters. The molecule has 0 aromatic carbocycles. The Hall–Kier alpha value is 0.0700. The number of hydrogen-bond acceptors (Lipinski definition) is 3. The Balaban J connectivity index is 2.33. The maximum absolute atomic E-state index is 11.3. The van der Waals surface area contributed by atoms with E-state index in [1.807, 2.05) is 0 Å². The number of nitrogens with zero attached hydrogens (tertiary/aromatic N) is 1. The topological polar surface area (TPSA) is 46.3 Å². The zero-order chi connectivity index (χ0) is 10.6. The van der Waals surface area contributed by atoms with Gasteiger partial charge in [0.05, 0.1) is 0 Å². The molecule has 1 rings (SSSR count). The molecule has 0 spiro atoms. The van der Waals surface area contributed by atoms with Gasteiger partial charge in [0.15, 0.2) is 0 Å². The van der Waals surface area contributed by atoms with Crippen LogP contribution < -0.4 is 5.73 Å². The van der Waals surface area contributed by atoms with Crippen molar-refractivity contribution in [1.29, 1.82) is 0 Å². The lowest BCUT2D eigenvalue weighted by atomic mass is 10.0. The minimum absolute atomic E-state index is 0.253. The van der Waals surface area contributed by atoms with Gasteiger partial charge in [0.2, 0.25) is 0 Å². The monoisotopic (exact) mass is 218 g/mol. The molecule has 0 aliphatic carbocycles. The Morgan fingerprint density at radius 1 is 1.36 bits per heavy atom. The van der Waals surface area contributed by atoms with E-state index in [1.165, 1.54) is 0 Å². The van der Waals surface area contributed by atoms with Crippen LogP contribution in [-0.4, -0.2) is 46.3 Å². The second kappa shape index (κ2) is 5.83. The third kappa shape index (κ3) is 4.07. The first kappa shape index (κ1) is 12.1. The van der Waals surface area contributed by atoms with Gasteiger partial charge in [0.25, 0.3) is 0 Å². The molecule has 84 valence electrons. The average molecular weight is 218 g/mol. The summed E-state index contributed by atoms with van der Waals surface area (Å²) >= 11 is 0. The van der Waals surface area contributed by atoms with Gasteiger partial charge in [-0.3, -0.25) is 4.21 Å². The predicted octanol–water partition coefficient (Wildman–Crippen LogP) is 0.424. The molecule has 14 heavy (non-hydrogen) atoms. The fraction of sp³-hybridized carbons (Fsp3) is 1.00. The van der Waals surface area contributed by atoms with Gasteiger partial charge in [0, 0.05) is 41.4 Å². The first-order chi connectivity index (χ1) is 6.59. The molecule has 3 nitrogen and oxygen atoms in total. The molecule has 0 saturated carbocycles. The highest BCUT2D eigenvalue weighted by Crippen LogP contribution is 2.07. The summed E-state index contributed by atoms with van der Waals surface area (Å²) < 4.78 is 11.3. The highest BCUT2D eigenvalue weighted by atomic mass is 32.2. The van der Waals surface area contributed by atoms with Crippen LogP contribution in [0.3, 0.4) is 0 Å². The summed E-state index contributed by atoms with van der Waals surface area (Å²) in [6, 6.07) is 0.253. The molecule has 1 heterocycles. The van der Waals surface area contributed by atoms with Gasteiger partial charge in [-0.1, -0.05) is 6.92 Å². The molecule has 0 aromatic heterocycles. The fourth-order valence-electron chi connectivity index (χ4n) is 1.65. The highest BCUT2D eigenvalue weighted by Gasteiger charge is 2.16. The van der Waals surface area contributed by atoms with Crippen LogP contribution in [0.1, 0.15) is 20.3 Å². The summed E-state index contributed by atoms with van der Waals surface area (Å²) in [4.78, 5) is 2.40. The van der Waals surface area contributed by atoms with Gasteiger partial charge in [-0.2, -0.15) is 0 Å². The number of rotatable bonds is 3. The average Bonchev–Trinajstić information content (AvgIpc) is 2.31. The van der Waals surface area contributed by atoms with Crippen LogP contribution in [0.5, 0.6) is 0 Å². The largest absolute Gasteiger partial charge is 0.328 e. The van der Waals surface area contributed by atoms with Crippen molar-refractivity contribution in [3.8, 4) is 0 Å². The van der Waals surface area contributed by atoms with Crippen molar-refractivity contribution in [2.75, 3.05) is 31.1 Å². The molecule has 1 aliphatic rings. The Labute approximate surface area is 89.5 Å². The molecule has 0 radical (unpaired) electrons. The standard InChI is InChI=1S/C10H22N2OS/c1-9(10(2)11)8-12-4-3-6-14(13)7-5-12/h9-10H,3-8,11H2,1-2H3. The summed E-state index contributed by atoms with van der Waals surface area (Å²) in [5.74, 6) is 2.25. The maximum atomic E-state index is 11.3.